The molecule has 2 N–H and O–H groups in total. The highest BCUT2D eigenvalue weighted by atomic mass is 16.2. The summed E-state index contributed by atoms with van der Waals surface area (Å²) in [5.74, 6) is 1.43. The number of nitrogens with zero attached hydrogens (tertiary/aromatic N) is 4. The number of aromatic nitrogens is 3. The Morgan fingerprint density at radius 3 is 2.72 bits per heavy atom. The van der Waals surface area contributed by atoms with Gasteiger partial charge >= 0.3 is 0 Å². The number of carbonyl (C=O) groups is 1. The van der Waals surface area contributed by atoms with E-state index in [0.29, 0.717) is 23.7 Å². The molecular formula is C23H27N5O. The summed E-state index contributed by atoms with van der Waals surface area (Å²) < 4.78 is 2.06. The lowest BCUT2D eigenvalue weighted by Gasteiger charge is -2.23. The van der Waals surface area contributed by atoms with Crippen LogP contribution in [0.25, 0.3) is 5.69 Å². The maximum Gasteiger partial charge on any atom is 0.254 e. The Morgan fingerprint density at radius 1 is 1.14 bits per heavy atom. The van der Waals surface area contributed by atoms with Crippen molar-refractivity contribution in [1.82, 2.24) is 19.4 Å². The molecule has 6 heteroatoms. The first-order valence-electron chi connectivity index (χ1n) is 10.2. The fourth-order valence-corrected chi connectivity index (χ4v) is 4.09. The van der Waals surface area contributed by atoms with E-state index in [0.717, 1.165) is 30.0 Å². The third-order valence-electron chi connectivity index (χ3n) is 5.65. The zero-order chi connectivity index (χ0) is 20.2. The summed E-state index contributed by atoms with van der Waals surface area (Å²) in [5.41, 5.74) is 9.22. The minimum atomic E-state index is -0.0590. The first kappa shape index (κ1) is 19.2. The van der Waals surface area contributed by atoms with E-state index >= 15 is 0 Å². The van der Waals surface area contributed by atoms with Crippen LogP contribution in [0.4, 0.5) is 5.69 Å². The largest absolute Gasteiger partial charge is 0.397 e. The van der Waals surface area contributed by atoms with Crippen LogP contribution in [0.5, 0.6) is 0 Å². The minimum Gasteiger partial charge on any atom is -0.397 e. The molecule has 150 valence electrons. The number of hydrogen-bond acceptors (Lipinski definition) is 4. The standard InChI is InChI=1S/C23H27N5O/c1-27(16-19-9-5-6-12-25-19)23(29)18-10-11-20(24)21(15-18)28-14-13-26-22(28)17-7-3-2-4-8-17/h5-6,9-15,17H,2-4,7-8,16,24H2,1H3. The van der Waals surface area contributed by atoms with Crippen LogP contribution in [0.2, 0.25) is 0 Å². The summed E-state index contributed by atoms with van der Waals surface area (Å²) >= 11 is 0. The Morgan fingerprint density at radius 2 is 1.97 bits per heavy atom. The highest BCUT2D eigenvalue weighted by Gasteiger charge is 2.22. The molecule has 4 rings (SSSR count). The topological polar surface area (TPSA) is 77.0 Å². The third-order valence-corrected chi connectivity index (χ3v) is 5.65. The van der Waals surface area contributed by atoms with E-state index in [2.05, 4.69) is 14.5 Å². The smallest absolute Gasteiger partial charge is 0.254 e. The van der Waals surface area contributed by atoms with Crippen molar-refractivity contribution in [3.63, 3.8) is 0 Å². The van der Waals surface area contributed by atoms with E-state index in [1.807, 2.05) is 42.7 Å². The van der Waals surface area contributed by atoms with Gasteiger partial charge in [0.05, 0.1) is 23.6 Å². The molecule has 0 unspecified atom stereocenters. The second-order valence-electron chi connectivity index (χ2n) is 7.75. The van der Waals surface area contributed by atoms with Gasteiger partial charge in [-0.1, -0.05) is 25.3 Å². The van der Waals surface area contributed by atoms with Gasteiger partial charge in [0, 0.05) is 37.1 Å². The average Bonchev–Trinajstić information content (AvgIpc) is 3.24. The number of imidazole rings is 1. The van der Waals surface area contributed by atoms with Gasteiger partial charge in [-0.15, -0.1) is 0 Å². The van der Waals surface area contributed by atoms with Crippen LogP contribution in [0, 0.1) is 0 Å². The predicted molar refractivity (Wildman–Crippen MR) is 114 cm³/mol. The molecule has 1 aliphatic rings. The van der Waals surface area contributed by atoms with Gasteiger partial charge in [-0.2, -0.15) is 0 Å². The highest BCUT2D eigenvalue weighted by Crippen LogP contribution is 2.33. The second kappa shape index (κ2) is 8.47. The molecule has 1 aromatic carbocycles. The maximum absolute atomic E-state index is 13.0. The number of amides is 1. The first-order valence-corrected chi connectivity index (χ1v) is 10.2. The number of benzene rings is 1. The van der Waals surface area contributed by atoms with E-state index in [1.54, 1.807) is 24.2 Å². The molecule has 1 aliphatic carbocycles. The zero-order valence-electron chi connectivity index (χ0n) is 16.8. The number of anilines is 1. The average molecular weight is 390 g/mol. The SMILES string of the molecule is CN(Cc1ccccn1)C(=O)c1ccc(N)c(-n2ccnc2C2CCCCC2)c1. The lowest BCUT2D eigenvalue weighted by atomic mass is 9.88. The van der Waals surface area contributed by atoms with Gasteiger partial charge in [-0.3, -0.25) is 9.78 Å². The molecule has 0 atom stereocenters. The Balaban J connectivity index is 1.60. The molecule has 1 amide bonds. The van der Waals surface area contributed by atoms with Gasteiger partial charge in [0.15, 0.2) is 0 Å². The van der Waals surface area contributed by atoms with E-state index in [4.69, 9.17) is 5.73 Å². The van der Waals surface area contributed by atoms with Crippen LogP contribution in [0.15, 0.2) is 55.0 Å². The Hall–Kier alpha value is -3.15. The van der Waals surface area contributed by atoms with Crippen molar-refractivity contribution in [2.75, 3.05) is 12.8 Å². The molecule has 0 saturated heterocycles. The summed E-state index contributed by atoms with van der Waals surface area (Å²) in [7, 11) is 1.79. The van der Waals surface area contributed by atoms with Crippen molar-refractivity contribution >= 4 is 11.6 Å². The molecule has 0 aliphatic heterocycles. The first-order chi connectivity index (χ1) is 14.1. The number of pyridine rings is 1. The summed E-state index contributed by atoms with van der Waals surface area (Å²) in [6.45, 7) is 0.456. The molecule has 29 heavy (non-hydrogen) atoms. The Kier molecular flexibility index (Phi) is 5.60. The molecule has 1 saturated carbocycles. The van der Waals surface area contributed by atoms with Crippen molar-refractivity contribution in [1.29, 1.82) is 0 Å². The normalized spacial score (nSPS) is 14.7. The summed E-state index contributed by atoms with van der Waals surface area (Å²) in [6.07, 6.45) is 11.6. The third kappa shape index (κ3) is 4.16. The molecule has 0 bridgehead atoms. The maximum atomic E-state index is 13.0. The molecule has 2 heterocycles. The molecule has 2 aromatic heterocycles. The van der Waals surface area contributed by atoms with Gasteiger partial charge in [0.2, 0.25) is 0 Å². The minimum absolute atomic E-state index is 0.0590. The quantitative estimate of drug-likeness (QED) is 0.665. The second-order valence-corrected chi connectivity index (χ2v) is 7.75. The number of rotatable bonds is 5. The van der Waals surface area contributed by atoms with Gasteiger partial charge in [0.1, 0.15) is 5.82 Å². The molecule has 3 aromatic rings. The predicted octanol–water partition coefficient (Wildman–Crippen LogP) is 4.17. The Bertz CT molecular complexity index is 976. The summed E-state index contributed by atoms with van der Waals surface area (Å²) in [5, 5.41) is 0. The van der Waals surface area contributed by atoms with Crippen LogP contribution >= 0.6 is 0 Å². The number of nitrogens with two attached hydrogens (primary N) is 1. The van der Waals surface area contributed by atoms with E-state index < -0.39 is 0 Å². The van der Waals surface area contributed by atoms with Crippen LogP contribution in [-0.2, 0) is 6.54 Å². The molecule has 0 spiro atoms. The van der Waals surface area contributed by atoms with Crippen LogP contribution in [0.1, 0.15) is 59.9 Å². The molecule has 6 nitrogen and oxygen atoms in total. The van der Waals surface area contributed by atoms with Crippen molar-refractivity contribution in [3.05, 3.63) is 72.1 Å². The van der Waals surface area contributed by atoms with Gasteiger partial charge < -0.3 is 15.2 Å². The van der Waals surface area contributed by atoms with Gasteiger partial charge in [-0.05, 0) is 43.2 Å². The van der Waals surface area contributed by atoms with Gasteiger partial charge in [0.25, 0.3) is 5.91 Å². The van der Waals surface area contributed by atoms with Crippen molar-refractivity contribution in [2.24, 2.45) is 0 Å². The van der Waals surface area contributed by atoms with Crippen LogP contribution in [0.3, 0.4) is 0 Å². The van der Waals surface area contributed by atoms with Crippen molar-refractivity contribution < 1.29 is 4.79 Å². The Labute approximate surface area is 171 Å². The number of hydrogen-bond donors (Lipinski definition) is 1. The number of nitrogen functional groups attached to an aromatic ring is 1. The zero-order valence-corrected chi connectivity index (χ0v) is 16.8. The summed E-state index contributed by atoms with van der Waals surface area (Å²) in [6, 6.07) is 11.2. The molecular weight excluding hydrogens is 362 g/mol. The van der Waals surface area contributed by atoms with Crippen molar-refractivity contribution in [3.8, 4) is 5.69 Å². The molecule has 1 fully saturated rings. The number of carbonyl (C=O) groups excluding carboxylic acids is 1. The highest BCUT2D eigenvalue weighted by molar-refractivity contribution is 5.95. The monoisotopic (exact) mass is 389 g/mol. The lowest BCUT2D eigenvalue weighted by Crippen LogP contribution is -2.26. The molecule has 0 radical (unpaired) electrons. The fraction of sp³-hybridized carbons (Fsp3) is 0.348. The van der Waals surface area contributed by atoms with E-state index in [1.165, 1.54) is 19.3 Å². The lowest BCUT2D eigenvalue weighted by molar-refractivity contribution is 0.0783. The van der Waals surface area contributed by atoms with Gasteiger partial charge in [-0.25, -0.2) is 4.98 Å². The fourth-order valence-electron chi connectivity index (χ4n) is 4.09. The van der Waals surface area contributed by atoms with Crippen LogP contribution in [-0.4, -0.2) is 32.4 Å². The van der Waals surface area contributed by atoms with Crippen molar-refractivity contribution in [2.45, 2.75) is 44.6 Å². The summed E-state index contributed by atoms with van der Waals surface area (Å²) in [4.78, 5) is 23.6. The van der Waals surface area contributed by atoms with E-state index in [-0.39, 0.29) is 5.91 Å². The van der Waals surface area contributed by atoms with E-state index in [9.17, 15) is 4.79 Å². The van der Waals surface area contributed by atoms with Crippen LogP contribution < -0.4 is 5.73 Å².